The molecule has 2 N–H and O–H groups in total. The van der Waals surface area contributed by atoms with Crippen LogP contribution >= 0.6 is 15.9 Å². The highest BCUT2D eigenvalue weighted by Gasteiger charge is 2.19. The fourth-order valence-electron chi connectivity index (χ4n) is 3.30. The average Bonchev–Trinajstić information content (AvgIpc) is 2.74. The van der Waals surface area contributed by atoms with Crippen LogP contribution in [0, 0.1) is 17.7 Å². The number of hydrogen-bond acceptors (Lipinski definition) is 2. The van der Waals surface area contributed by atoms with Crippen molar-refractivity contribution in [3.63, 3.8) is 0 Å². The smallest absolute Gasteiger partial charge is 0.201 e. The van der Waals surface area contributed by atoms with E-state index < -0.39 is 0 Å². The topological polar surface area (TPSA) is 43.8 Å². The Morgan fingerprint density at radius 1 is 1.33 bits per heavy atom. The van der Waals surface area contributed by atoms with Gasteiger partial charge in [-0.05, 0) is 40.3 Å². The largest absolute Gasteiger partial charge is 0.369 e. The summed E-state index contributed by atoms with van der Waals surface area (Å²) in [7, 11) is 0. The normalized spacial score (nSPS) is 22.8. The fraction of sp³-hybridized carbons (Fsp3) is 0.562. The van der Waals surface area contributed by atoms with Crippen LogP contribution in [-0.4, -0.2) is 9.55 Å². The molecule has 1 aromatic carbocycles. The van der Waals surface area contributed by atoms with E-state index >= 15 is 0 Å². The van der Waals surface area contributed by atoms with E-state index in [0.29, 0.717) is 15.9 Å². The minimum Gasteiger partial charge on any atom is -0.369 e. The summed E-state index contributed by atoms with van der Waals surface area (Å²) in [6, 6.07) is 3.21. The number of rotatable bonds is 3. The summed E-state index contributed by atoms with van der Waals surface area (Å²) in [4.78, 5) is 4.27. The number of nitrogens with zero attached hydrogens (tertiary/aromatic N) is 2. The van der Waals surface area contributed by atoms with Crippen LogP contribution in [0.25, 0.3) is 11.0 Å². The molecule has 0 unspecified atom stereocenters. The molecule has 0 saturated heterocycles. The molecule has 2 aromatic rings. The molecule has 0 spiro atoms. The maximum Gasteiger partial charge on any atom is 0.201 e. The zero-order valence-corrected chi connectivity index (χ0v) is 13.9. The van der Waals surface area contributed by atoms with Gasteiger partial charge in [-0.3, -0.25) is 0 Å². The first kappa shape index (κ1) is 14.8. The zero-order valence-electron chi connectivity index (χ0n) is 12.3. The van der Waals surface area contributed by atoms with Gasteiger partial charge in [0.05, 0.1) is 15.5 Å². The Bertz CT molecular complexity index is 644. The number of nitrogen functional groups attached to an aromatic ring is 1. The van der Waals surface area contributed by atoms with Gasteiger partial charge in [-0.25, -0.2) is 9.37 Å². The number of imidazole rings is 1. The molecule has 1 saturated carbocycles. The molecule has 1 aromatic heterocycles. The number of hydrogen-bond donors (Lipinski definition) is 1. The molecule has 3 rings (SSSR count). The quantitative estimate of drug-likeness (QED) is 0.866. The molecule has 1 aliphatic rings. The second-order valence-corrected chi connectivity index (χ2v) is 7.15. The van der Waals surface area contributed by atoms with Crippen molar-refractivity contribution in [2.24, 2.45) is 11.8 Å². The van der Waals surface area contributed by atoms with E-state index in [0.717, 1.165) is 30.3 Å². The SMILES string of the molecule is CC1CCC(CCn2c(N)nc3cc(F)c(Br)cc32)CC1. The first-order valence-electron chi connectivity index (χ1n) is 7.65. The van der Waals surface area contributed by atoms with Crippen molar-refractivity contribution < 1.29 is 4.39 Å². The molecular weight excluding hydrogens is 333 g/mol. The van der Waals surface area contributed by atoms with E-state index in [-0.39, 0.29) is 5.82 Å². The Kier molecular flexibility index (Phi) is 4.20. The van der Waals surface area contributed by atoms with Crippen molar-refractivity contribution in [2.45, 2.75) is 45.6 Å². The minimum atomic E-state index is -0.298. The van der Waals surface area contributed by atoms with Crippen LogP contribution in [0.3, 0.4) is 0 Å². The van der Waals surface area contributed by atoms with Gasteiger partial charge < -0.3 is 10.3 Å². The van der Waals surface area contributed by atoms with E-state index in [9.17, 15) is 4.39 Å². The highest BCUT2D eigenvalue weighted by atomic mass is 79.9. The van der Waals surface area contributed by atoms with Gasteiger partial charge in [0, 0.05) is 12.6 Å². The maximum absolute atomic E-state index is 13.6. The van der Waals surface area contributed by atoms with E-state index in [4.69, 9.17) is 5.73 Å². The predicted octanol–water partition coefficient (Wildman–Crippen LogP) is 4.74. The first-order valence-corrected chi connectivity index (χ1v) is 8.44. The molecule has 0 atom stereocenters. The molecule has 1 fully saturated rings. The zero-order chi connectivity index (χ0) is 15.0. The number of nitrogens with two attached hydrogens (primary N) is 1. The molecule has 1 heterocycles. The van der Waals surface area contributed by atoms with Crippen LogP contribution < -0.4 is 5.73 Å². The first-order chi connectivity index (χ1) is 10.0. The molecular formula is C16H21BrFN3. The van der Waals surface area contributed by atoms with Crippen molar-refractivity contribution >= 4 is 32.9 Å². The van der Waals surface area contributed by atoms with Crippen LogP contribution in [0.1, 0.15) is 39.0 Å². The fourth-order valence-corrected chi connectivity index (χ4v) is 3.63. The third kappa shape index (κ3) is 3.07. The lowest BCUT2D eigenvalue weighted by Crippen LogP contribution is -2.15. The van der Waals surface area contributed by atoms with Gasteiger partial charge in [0.2, 0.25) is 5.95 Å². The van der Waals surface area contributed by atoms with Gasteiger partial charge in [0.15, 0.2) is 0 Å². The van der Waals surface area contributed by atoms with E-state index in [2.05, 4.69) is 27.8 Å². The van der Waals surface area contributed by atoms with Crippen molar-refractivity contribution in [1.29, 1.82) is 0 Å². The van der Waals surface area contributed by atoms with Crippen molar-refractivity contribution in [3.8, 4) is 0 Å². The monoisotopic (exact) mass is 353 g/mol. The van der Waals surface area contributed by atoms with Crippen LogP contribution in [0.4, 0.5) is 10.3 Å². The maximum atomic E-state index is 13.6. The van der Waals surface area contributed by atoms with E-state index in [1.807, 2.05) is 4.57 Å². The molecule has 0 amide bonds. The highest BCUT2D eigenvalue weighted by molar-refractivity contribution is 9.10. The Balaban J connectivity index is 1.77. The van der Waals surface area contributed by atoms with Crippen LogP contribution in [-0.2, 0) is 6.54 Å². The summed E-state index contributed by atoms with van der Waals surface area (Å²) in [6.45, 7) is 3.20. The second kappa shape index (κ2) is 5.95. The molecule has 5 heteroatoms. The molecule has 114 valence electrons. The molecule has 21 heavy (non-hydrogen) atoms. The van der Waals surface area contributed by atoms with Gasteiger partial charge in [0.1, 0.15) is 5.82 Å². The van der Waals surface area contributed by atoms with Crippen LogP contribution in [0.5, 0.6) is 0 Å². The lowest BCUT2D eigenvalue weighted by molar-refractivity contribution is 0.270. The second-order valence-electron chi connectivity index (χ2n) is 6.29. The highest BCUT2D eigenvalue weighted by Crippen LogP contribution is 2.32. The Hall–Kier alpha value is -1.10. The van der Waals surface area contributed by atoms with Gasteiger partial charge in [-0.1, -0.05) is 32.6 Å². The summed E-state index contributed by atoms with van der Waals surface area (Å²) in [6.07, 6.45) is 6.42. The number of aromatic nitrogens is 2. The molecule has 0 aliphatic heterocycles. The van der Waals surface area contributed by atoms with Gasteiger partial charge >= 0.3 is 0 Å². The summed E-state index contributed by atoms with van der Waals surface area (Å²) in [5.41, 5.74) is 7.54. The van der Waals surface area contributed by atoms with E-state index in [1.165, 1.54) is 31.7 Å². The Morgan fingerprint density at radius 3 is 2.76 bits per heavy atom. The third-order valence-corrected chi connectivity index (χ3v) is 5.32. The number of aryl methyl sites for hydroxylation is 1. The summed E-state index contributed by atoms with van der Waals surface area (Å²) >= 11 is 3.24. The minimum absolute atomic E-state index is 0.298. The molecule has 0 radical (unpaired) electrons. The average molecular weight is 354 g/mol. The van der Waals surface area contributed by atoms with Crippen LogP contribution in [0.15, 0.2) is 16.6 Å². The van der Waals surface area contributed by atoms with Crippen molar-refractivity contribution in [2.75, 3.05) is 5.73 Å². The lowest BCUT2D eigenvalue weighted by Gasteiger charge is -2.26. The Labute approximate surface area is 132 Å². The Morgan fingerprint density at radius 2 is 2.05 bits per heavy atom. The summed E-state index contributed by atoms with van der Waals surface area (Å²) in [5.74, 6) is 1.83. The van der Waals surface area contributed by atoms with Crippen molar-refractivity contribution in [1.82, 2.24) is 9.55 Å². The molecule has 3 nitrogen and oxygen atoms in total. The van der Waals surface area contributed by atoms with Gasteiger partial charge in [-0.15, -0.1) is 0 Å². The molecule has 0 bridgehead atoms. The lowest BCUT2D eigenvalue weighted by atomic mass is 9.81. The van der Waals surface area contributed by atoms with Gasteiger partial charge in [0.25, 0.3) is 0 Å². The molecule has 1 aliphatic carbocycles. The van der Waals surface area contributed by atoms with Crippen molar-refractivity contribution in [3.05, 3.63) is 22.4 Å². The van der Waals surface area contributed by atoms with Crippen LogP contribution in [0.2, 0.25) is 0 Å². The summed E-state index contributed by atoms with van der Waals surface area (Å²) < 4.78 is 16.0. The number of fused-ring (bicyclic) bond motifs is 1. The van der Waals surface area contributed by atoms with E-state index in [1.54, 1.807) is 6.07 Å². The predicted molar refractivity (Wildman–Crippen MR) is 87.5 cm³/mol. The number of anilines is 1. The standard InChI is InChI=1S/C16H21BrFN3/c1-10-2-4-11(5-3-10)6-7-21-15-8-12(17)13(18)9-14(15)20-16(21)19/h8-11H,2-7H2,1H3,(H2,19,20). The third-order valence-electron chi connectivity index (χ3n) is 4.72. The van der Waals surface area contributed by atoms with Gasteiger partial charge in [-0.2, -0.15) is 0 Å². The summed E-state index contributed by atoms with van der Waals surface area (Å²) in [5, 5.41) is 0. The number of halogens is 2. The number of benzene rings is 1.